The third-order valence-electron chi connectivity index (χ3n) is 3.10. The molecule has 1 aromatic heterocycles. The number of halogens is 2. The number of hydrogen-bond acceptors (Lipinski definition) is 3. The minimum absolute atomic E-state index is 0.200. The average Bonchev–Trinajstić information content (AvgIpc) is 2.46. The first kappa shape index (κ1) is 14.8. The quantitative estimate of drug-likeness (QED) is 0.870. The topological polar surface area (TPSA) is 46.1 Å². The van der Waals surface area contributed by atoms with Gasteiger partial charge in [-0.25, -0.2) is 4.98 Å². The monoisotopic (exact) mass is 309 g/mol. The standard InChI is InChI=1S/C14H13Cl2N3O/c1-9(11-4-3-10(15)7-12(11)16)19(2)14(20)13-8-17-5-6-18-13/h3-9H,1-2H3. The van der Waals surface area contributed by atoms with Gasteiger partial charge in [0.25, 0.3) is 5.91 Å². The van der Waals surface area contributed by atoms with Gasteiger partial charge < -0.3 is 4.90 Å². The molecule has 0 fully saturated rings. The molecule has 20 heavy (non-hydrogen) atoms. The predicted octanol–water partition coefficient (Wildman–Crippen LogP) is 3.62. The zero-order chi connectivity index (χ0) is 14.7. The summed E-state index contributed by atoms with van der Waals surface area (Å²) in [6.45, 7) is 1.89. The van der Waals surface area contributed by atoms with E-state index in [1.807, 2.05) is 13.0 Å². The van der Waals surface area contributed by atoms with Crippen molar-refractivity contribution in [1.29, 1.82) is 0 Å². The Morgan fingerprint density at radius 3 is 2.65 bits per heavy atom. The SMILES string of the molecule is CC(c1ccc(Cl)cc1Cl)N(C)C(=O)c1cnccn1. The van der Waals surface area contributed by atoms with Crippen LogP contribution in [-0.4, -0.2) is 27.8 Å². The first-order valence-corrected chi connectivity index (χ1v) is 6.74. The molecule has 0 aliphatic rings. The Kier molecular flexibility index (Phi) is 4.57. The van der Waals surface area contributed by atoms with Crippen LogP contribution in [0.4, 0.5) is 0 Å². The molecule has 0 saturated heterocycles. The minimum Gasteiger partial charge on any atom is -0.334 e. The number of carbonyl (C=O) groups is 1. The van der Waals surface area contributed by atoms with E-state index < -0.39 is 0 Å². The molecule has 0 bridgehead atoms. The van der Waals surface area contributed by atoms with Gasteiger partial charge in [0, 0.05) is 29.5 Å². The van der Waals surface area contributed by atoms with Crippen LogP contribution in [-0.2, 0) is 0 Å². The van der Waals surface area contributed by atoms with Gasteiger partial charge in [0.2, 0.25) is 0 Å². The second kappa shape index (κ2) is 6.20. The Morgan fingerprint density at radius 2 is 2.05 bits per heavy atom. The number of nitrogens with zero attached hydrogens (tertiary/aromatic N) is 3. The van der Waals surface area contributed by atoms with Crippen molar-refractivity contribution < 1.29 is 4.79 Å². The summed E-state index contributed by atoms with van der Waals surface area (Å²) >= 11 is 12.0. The summed E-state index contributed by atoms with van der Waals surface area (Å²) in [6, 6.07) is 5.03. The van der Waals surface area contributed by atoms with Gasteiger partial charge in [-0.1, -0.05) is 29.3 Å². The lowest BCUT2D eigenvalue weighted by molar-refractivity contribution is 0.0736. The lowest BCUT2D eigenvalue weighted by Gasteiger charge is -2.25. The molecule has 1 heterocycles. The second-order valence-corrected chi connectivity index (χ2v) is 5.19. The van der Waals surface area contributed by atoms with E-state index >= 15 is 0 Å². The molecule has 0 radical (unpaired) electrons. The molecule has 6 heteroatoms. The van der Waals surface area contributed by atoms with E-state index in [0.717, 1.165) is 5.56 Å². The summed E-state index contributed by atoms with van der Waals surface area (Å²) < 4.78 is 0. The second-order valence-electron chi connectivity index (χ2n) is 4.35. The first-order chi connectivity index (χ1) is 9.50. The molecule has 104 valence electrons. The van der Waals surface area contributed by atoms with E-state index in [1.54, 1.807) is 24.1 Å². The van der Waals surface area contributed by atoms with Gasteiger partial charge in [0.05, 0.1) is 12.2 Å². The van der Waals surface area contributed by atoms with Gasteiger partial charge in [-0.05, 0) is 24.6 Å². The molecule has 2 rings (SSSR count). The third-order valence-corrected chi connectivity index (χ3v) is 3.66. The van der Waals surface area contributed by atoms with Crippen molar-refractivity contribution in [2.45, 2.75) is 13.0 Å². The van der Waals surface area contributed by atoms with Crippen molar-refractivity contribution in [2.75, 3.05) is 7.05 Å². The fraction of sp³-hybridized carbons (Fsp3) is 0.214. The normalized spacial score (nSPS) is 12.0. The van der Waals surface area contributed by atoms with Crippen molar-refractivity contribution in [3.63, 3.8) is 0 Å². The Balaban J connectivity index is 2.24. The van der Waals surface area contributed by atoms with Gasteiger partial charge in [-0.2, -0.15) is 0 Å². The van der Waals surface area contributed by atoms with Crippen molar-refractivity contribution in [2.24, 2.45) is 0 Å². The van der Waals surface area contributed by atoms with Gasteiger partial charge >= 0.3 is 0 Å². The lowest BCUT2D eigenvalue weighted by atomic mass is 10.1. The molecule has 0 N–H and O–H groups in total. The Bertz CT molecular complexity index is 619. The molecule has 0 saturated carbocycles. The van der Waals surface area contributed by atoms with Crippen LogP contribution in [0.1, 0.15) is 29.0 Å². The van der Waals surface area contributed by atoms with Gasteiger partial charge in [0.1, 0.15) is 5.69 Å². The summed E-state index contributed by atoms with van der Waals surface area (Å²) in [5.41, 5.74) is 1.13. The van der Waals surface area contributed by atoms with Crippen LogP contribution < -0.4 is 0 Å². The molecule has 0 spiro atoms. The van der Waals surface area contributed by atoms with Crippen LogP contribution >= 0.6 is 23.2 Å². The van der Waals surface area contributed by atoms with Crippen molar-refractivity contribution in [1.82, 2.24) is 14.9 Å². The van der Waals surface area contributed by atoms with Gasteiger partial charge in [0.15, 0.2) is 0 Å². The maximum atomic E-state index is 12.3. The highest BCUT2D eigenvalue weighted by molar-refractivity contribution is 6.35. The van der Waals surface area contributed by atoms with Crippen molar-refractivity contribution >= 4 is 29.1 Å². The molecule has 2 aromatic rings. The highest BCUT2D eigenvalue weighted by Crippen LogP contribution is 2.29. The smallest absolute Gasteiger partial charge is 0.274 e. The molecule has 1 amide bonds. The minimum atomic E-state index is -0.211. The van der Waals surface area contributed by atoms with E-state index in [-0.39, 0.29) is 11.9 Å². The zero-order valence-electron chi connectivity index (χ0n) is 11.0. The molecular weight excluding hydrogens is 297 g/mol. The maximum Gasteiger partial charge on any atom is 0.274 e. The average molecular weight is 310 g/mol. The molecule has 4 nitrogen and oxygen atoms in total. The number of carbonyl (C=O) groups excluding carboxylic acids is 1. The summed E-state index contributed by atoms with van der Waals surface area (Å²) in [6.07, 6.45) is 4.45. The van der Waals surface area contributed by atoms with E-state index in [9.17, 15) is 4.79 Å². The summed E-state index contributed by atoms with van der Waals surface area (Å²) in [4.78, 5) is 21.8. The van der Waals surface area contributed by atoms with Crippen LogP contribution in [0.3, 0.4) is 0 Å². The highest BCUT2D eigenvalue weighted by Gasteiger charge is 2.21. The van der Waals surface area contributed by atoms with Crippen LogP contribution in [0.5, 0.6) is 0 Å². The Labute approximate surface area is 127 Å². The van der Waals surface area contributed by atoms with E-state index in [4.69, 9.17) is 23.2 Å². The molecule has 0 aliphatic carbocycles. The van der Waals surface area contributed by atoms with Crippen LogP contribution in [0.25, 0.3) is 0 Å². The fourth-order valence-corrected chi connectivity index (χ4v) is 2.38. The fourth-order valence-electron chi connectivity index (χ4n) is 1.82. The van der Waals surface area contributed by atoms with Crippen molar-refractivity contribution in [3.05, 3.63) is 58.1 Å². The number of benzene rings is 1. The summed E-state index contributed by atoms with van der Waals surface area (Å²) in [5, 5.41) is 1.10. The Hall–Kier alpha value is -1.65. The number of amides is 1. The molecular formula is C14H13Cl2N3O. The number of aromatic nitrogens is 2. The summed E-state index contributed by atoms with van der Waals surface area (Å²) in [5.74, 6) is -0.211. The van der Waals surface area contributed by atoms with E-state index in [2.05, 4.69) is 9.97 Å². The Morgan fingerprint density at radius 1 is 1.30 bits per heavy atom. The lowest BCUT2D eigenvalue weighted by Crippen LogP contribution is -2.30. The number of hydrogen-bond donors (Lipinski definition) is 0. The van der Waals surface area contributed by atoms with E-state index in [1.165, 1.54) is 18.6 Å². The van der Waals surface area contributed by atoms with Crippen LogP contribution in [0.15, 0.2) is 36.8 Å². The first-order valence-electron chi connectivity index (χ1n) is 5.99. The van der Waals surface area contributed by atoms with Gasteiger partial charge in [-0.15, -0.1) is 0 Å². The van der Waals surface area contributed by atoms with Crippen LogP contribution in [0.2, 0.25) is 10.0 Å². The highest BCUT2D eigenvalue weighted by atomic mass is 35.5. The molecule has 1 atom stereocenters. The van der Waals surface area contributed by atoms with Crippen LogP contribution in [0, 0.1) is 0 Å². The summed E-state index contributed by atoms with van der Waals surface area (Å²) in [7, 11) is 1.70. The maximum absolute atomic E-state index is 12.3. The largest absolute Gasteiger partial charge is 0.334 e. The third kappa shape index (κ3) is 3.08. The van der Waals surface area contributed by atoms with Gasteiger partial charge in [-0.3, -0.25) is 9.78 Å². The molecule has 1 unspecified atom stereocenters. The number of rotatable bonds is 3. The zero-order valence-corrected chi connectivity index (χ0v) is 12.6. The predicted molar refractivity (Wildman–Crippen MR) is 79.0 cm³/mol. The van der Waals surface area contributed by atoms with E-state index in [0.29, 0.717) is 15.7 Å². The molecule has 0 aliphatic heterocycles. The molecule has 1 aromatic carbocycles. The van der Waals surface area contributed by atoms with Crippen molar-refractivity contribution in [3.8, 4) is 0 Å².